The van der Waals surface area contributed by atoms with Crippen molar-refractivity contribution in [3.8, 4) is 11.5 Å². The molecular formula is C23H36N4O5. The fraction of sp³-hybridized carbons (Fsp3) is 0.652. The first kappa shape index (κ1) is 24.3. The van der Waals surface area contributed by atoms with Crippen LogP contribution >= 0.6 is 0 Å². The molecule has 178 valence electrons. The Morgan fingerprint density at radius 2 is 1.72 bits per heavy atom. The molecule has 1 atom stereocenters. The van der Waals surface area contributed by atoms with E-state index < -0.39 is 0 Å². The molecule has 0 spiro atoms. The second-order valence-electron chi connectivity index (χ2n) is 8.25. The number of piperazine rings is 1. The molecular weight excluding hydrogens is 412 g/mol. The van der Waals surface area contributed by atoms with Gasteiger partial charge in [-0.3, -0.25) is 19.4 Å². The van der Waals surface area contributed by atoms with E-state index in [1.807, 2.05) is 23.1 Å². The van der Waals surface area contributed by atoms with Gasteiger partial charge in [0.05, 0.1) is 40.0 Å². The number of amides is 2. The van der Waals surface area contributed by atoms with E-state index in [1.54, 1.807) is 21.3 Å². The summed E-state index contributed by atoms with van der Waals surface area (Å²) in [4.78, 5) is 31.4. The molecule has 2 saturated heterocycles. The Balaban J connectivity index is 1.50. The molecule has 2 aliphatic heterocycles. The van der Waals surface area contributed by atoms with E-state index in [0.29, 0.717) is 26.2 Å². The first-order valence-corrected chi connectivity index (χ1v) is 11.3. The Bertz CT molecular complexity index is 767. The van der Waals surface area contributed by atoms with E-state index in [2.05, 4.69) is 15.1 Å². The number of hydrogen-bond donors (Lipinski definition) is 1. The summed E-state index contributed by atoms with van der Waals surface area (Å²) in [5, 5.41) is 2.85. The lowest BCUT2D eigenvalue weighted by molar-refractivity contribution is -0.134. The maximum atomic E-state index is 13.2. The van der Waals surface area contributed by atoms with Gasteiger partial charge in [-0.05, 0) is 25.0 Å². The lowest BCUT2D eigenvalue weighted by atomic mass is 10.0. The van der Waals surface area contributed by atoms with Gasteiger partial charge in [-0.25, -0.2) is 0 Å². The number of rotatable bonds is 10. The largest absolute Gasteiger partial charge is 0.497 e. The number of ether oxygens (including phenoxy) is 3. The van der Waals surface area contributed by atoms with Crippen molar-refractivity contribution in [2.75, 3.05) is 80.3 Å². The predicted octanol–water partition coefficient (Wildman–Crippen LogP) is 0.748. The van der Waals surface area contributed by atoms with Crippen LogP contribution in [0.25, 0.3) is 0 Å². The zero-order valence-corrected chi connectivity index (χ0v) is 19.5. The van der Waals surface area contributed by atoms with E-state index in [0.717, 1.165) is 62.6 Å². The van der Waals surface area contributed by atoms with Gasteiger partial charge in [0.1, 0.15) is 11.5 Å². The molecule has 9 nitrogen and oxygen atoms in total. The second kappa shape index (κ2) is 12.0. The van der Waals surface area contributed by atoms with Gasteiger partial charge in [0.2, 0.25) is 11.8 Å². The highest BCUT2D eigenvalue weighted by molar-refractivity contribution is 5.79. The van der Waals surface area contributed by atoms with Crippen molar-refractivity contribution < 1.29 is 23.8 Å². The van der Waals surface area contributed by atoms with E-state index in [1.165, 1.54) is 0 Å². The zero-order chi connectivity index (χ0) is 22.9. The highest BCUT2D eigenvalue weighted by Crippen LogP contribution is 2.38. The molecule has 1 aromatic rings. The predicted molar refractivity (Wildman–Crippen MR) is 121 cm³/mol. The number of nitrogens with zero attached hydrogens (tertiary/aromatic N) is 3. The topological polar surface area (TPSA) is 83.6 Å². The highest BCUT2D eigenvalue weighted by Gasteiger charge is 2.33. The number of hydrogen-bond acceptors (Lipinski definition) is 7. The number of methoxy groups -OCH3 is 3. The minimum absolute atomic E-state index is 0.0138. The molecule has 32 heavy (non-hydrogen) atoms. The lowest BCUT2D eigenvalue weighted by Crippen LogP contribution is -2.52. The quantitative estimate of drug-likeness (QED) is 0.529. The van der Waals surface area contributed by atoms with Gasteiger partial charge >= 0.3 is 0 Å². The van der Waals surface area contributed by atoms with Gasteiger partial charge in [-0.15, -0.1) is 0 Å². The summed E-state index contributed by atoms with van der Waals surface area (Å²) in [6.45, 7) is 5.71. The molecule has 0 aliphatic carbocycles. The Labute approximate surface area is 190 Å². The fourth-order valence-corrected chi connectivity index (χ4v) is 4.42. The van der Waals surface area contributed by atoms with Crippen molar-refractivity contribution in [1.82, 2.24) is 20.0 Å². The Morgan fingerprint density at radius 1 is 1.00 bits per heavy atom. The molecule has 2 heterocycles. The van der Waals surface area contributed by atoms with Crippen LogP contribution in [0.1, 0.15) is 24.4 Å². The average molecular weight is 449 g/mol. The first-order valence-electron chi connectivity index (χ1n) is 11.3. The fourth-order valence-electron chi connectivity index (χ4n) is 4.42. The van der Waals surface area contributed by atoms with Crippen molar-refractivity contribution in [2.24, 2.45) is 0 Å². The summed E-state index contributed by atoms with van der Waals surface area (Å²) >= 11 is 0. The third kappa shape index (κ3) is 6.34. The molecule has 0 saturated carbocycles. The van der Waals surface area contributed by atoms with Crippen LogP contribution in [0.5, 0.6) is 11.5 Å². The minimum atomic E-state index is 0.0138. The van der Waals surface area contributed by atoms with Gasteiger partial charge < -0.3 is 24.4 Å². The van der Waals surface area contributed by atoms with E-state index in [-0.39, 0.29) is 17.9 Å². The molecule has 0 aromatic heterocycles. The molecule has 1 N–H and O–H groups in total. The molecule has 0 radical (unpaired) electrons. The van der Waals surface area contributed by atoms with Crippen LogP contribution in [-0.2, 0) is 14.3 Å². The van der Waals surface area contributed by atoms with Gasteiger partial charge in [0, 0.05) is 58.0 Å². The molecule has 1 unspecified atom stereocenters. The van der Waals surface area contributed by atoms with Crippen LogP contribution in [0.4, 0.5) is 0 Å². The van der Waals surface area contributed by atoms with Crippen LogP contribution in [0.15, 0.2) is 18.2 Å². The smallest absolute Gasteiger partial charge is 0.237 e. The van der Waals surface area contributed by atoms with E-state index >= 15 is 0 Å². The summed E-state index contributed by atoms with van der Waals surface area (Å²) in [6.07, 6.45) is 1.91. The summed E-state index contributed by atoms with van der Waals surface area (Å²) in [5.41, 5.74) is 1.03. The second-order valence-corrected chi connectivity index (χ2v) is 8.25. The van der Waals surface area contributed by atoms with E-state index in [4.69, 9.17) is 14.2 Å². The summed E-state index contributed by atoms with van der Waals surface area (Å²) in [5.74, 6) is 1.66. The molecule has 1 aromatic carbocycles. The standard InChI is InChI=1S/C23H36N4O5/c1-30-14-8-24-22(28)16-25-10-12-26(13-11-25)17-23(29)27-9-4-5-20(27)19-7-6-18(31-2)15-21(19)32-3/h6-7,15,20H,4-5,8-14,16-17H2,1-3H3,(H,24,28). The van der Waals surface area contributed by atoms with Crippen LogP contribution in [0.3, 0.4) is 0 Å². The van der Waals surface area contributed by atoms with Gasteiger partial charge in [-0.1, -0.05) is 0 Å². The van der Waals surface area contributed by atoms with Gasteiger partial charge in [0.15, 0.2) is 0 Å². The average Bonchev–Trinajstić information content (AvgIpc) is 3.30. The monoisotopic (exact) mass is 448 g/mol. The summed E-state index contributed by atoms with van der Waals surface area (Å²) in [6, 6.07) is 5.83. The summed E-state index contributed by atoms with van der Waals surface area (Å²) < 4.78 is 15.8. The third-order valence-corrected chi connectivity index (χ3v) is 6.19. The highest BCUT2D eigenvalue weighted by atomic mass is 16.5. The van der Waals surface area contributed by atoms with Crippen molar-refractivity contribution in [3.63, 3.8) is 0 Å². The van der Waals surface area contributed by atoms with Crippen LogP contribution in [0.2, 0.25) is 0 Å². The van der Waals surface area contributed by atoms with Crippen LogP contribution in [-0.4, -0.2) is 107 Å². The molecule has 2 fully saturated rings. The van der Waals surface area contributed by atoms with Crippen LogP contribution < -0.4 is 14.8 Å². The Morgan fingerprint density at radius 3 is 2.38 bits per heavy atom. The van der Waals surface area contributed by atoms with Crippen molar-refractivity contribution in [1.29, 1.82) is 0 Å². The number of nitrogens with one attached hydrogen (secondary N) is 1. The third-order valence-electron chi connectivity index (χ3n) is 6.19. The lowest BCUT2D eigenvalue weighted by Gasteiger charge is -2.35. The molecule has 0 bridgehead atoms. The number of likely N-dealkylation sites (tertiary alicyclic amines) is 1. The van der Waals surface area contributed by atoms with E-state index in [9.17, 15) is 9.59 Å². The maximum Gasteiger partial charge on any atom is 0.237 e. The Hall–Kier alpha value is -2.36. The normalized spacial score (nSPS) is 19.7. The SMILES string of the molecule is COCCNC(=O)CN1CCN(CC(=O)N2CCCC2c2ccc(OC)cc2OC)CC1. The van der Waals surface area contributed by atoms with Gasteiger partial charge in [0.25, 0.3) is 0 Å². The number of benzene rings is 1. The molecule has 9 heteroatoms. The zero-order valence-electron chi connectivity index (χ0n) is 19.5. The summed E-state index contributed by atoms with van der Waals surface area (Å²) in [7, 11) is 4.90. The number of carbonyl (C=O) groups is 2. The van der Waals surface area contributed by atoms with Crippen molar-refractivity contribution in [2.45, 2.75) is 18.9 Å². The number of carbonyl (C=O) groups excluding carboxylic acids is 2. The van der Waals surface area contributed by atoms with Crippen molar-refractivity contribution in [3.05, 3.63) is 23.8 Å². The Kier molecular flexibility index (Phi) is 9.13. The van der Waals surface area contributed by atoms with Gasteiger partial charge in [-0.2, -0.15) is 0 Å². The molecule has 2 aliphatic rings. The minimum Gasteiger partial charge on any atom is -0.497 e. The van der Waals surface area contributed by atoms with Crippen molar-refractivity contribution >= 4 is 11.8 Å². The van der Waals surface area contributed by atoms with Crippen LogP contribution in [0, 0.1) is 0 Å². The molecule has 2 amide bonds. The maximum absolute atomic E-state index is 13.2. The molecule has 3 rings (SSSR count). The first-order chi connectivity index (χ1) is 15.5.